The minimum absolute atomic E-state index is 0.232. The summed E-state index contributed by atoms with van der Waals surface area (Å²) in [5.74, 6) is -0.162. The zero-order chi connectivity index (χ0) is 14.1. The van der Waals surface area contributed by atoms with E-state index in [0.717, 1.165) is 15.3 Å². The minimum atomic E-state index is -0.394. The topological polar surface area (TPSA) is 34.1 Å². The first-order valence-electron chi connectivity index (χ1n) is 6.13. The molecular weight excluding hydrogens is 275 g/mol. The van der Waals surface area contributed by atoms with Crippen LogP contribution in [-0.4, -0.2) is 12.1 Å². The Morgan fingerprint density at radius 3 is 2.80 bits per heavy atom. The average Bonchev–Trinajstić information content (AvgIpc) is 2.80. The molecule has 3 nitrogen and oxygen atoms in total. The number of hydrogen-bond acceptors (Lipinski definition) is 4. The molecule has 1 heterocycles. The van der Waals surface area contributed by atoms with Gasteiger partial charge in [-0.1, -0.05) is 17.4 Å². The molecule has 102 valence electrons. The lowest BCUT2D eigenvalue weighted by molar-refractivity contribution is 0.386. The molecule has 0 atom stereocenters. The van der Waals surface area contributed by atoms with Crippen molar-refractivity contribution in [2.75, 3.05) is 12.4 Å². The molecule has 3 rings (SSSR count). The summed E-state index contributed by atoms with van der Waals surface area (Å²) < 4.78 is 19.6. The lowest BCUT2D eigenvalue weighted by Gasteiger charge is -2.05. The Labute approximate surface area is 120 Å². The number of fused-ring (bicyclic) bond motifs is 1. The summed E-state index contributed by atoms with van der Waals surface area (Å²) in [7, 11) is 1.45. The molecule has 1 N–H and O–H groups in total. The van der Waals surface area contributed by atoms with Crippen molar-refractivity contribution >= 4 is 32.4 Å². The van der Waals surface area contributed by atoms with Gasteiger partial charge in [-0.15, -0.1) is 0 Å². The van der Waals surface area contributed by atoms with Gasteiger partial charge >= 0.3 is 0 Å². The fourth-order valence-corrected chi connectivity index (χ4v) is 2.94. The number of aryl methyl sites for hydroxylation is 1. The summed E-state index contributed by atoms with van der Waals surface area (Å²) in [6.07, 6.45) is 0. The largest absolute Gasteiger partial charge is 0.494 e. The van der Waals surface area contributed by atoms with Crippen molar-refractivity contribution in [3.8, 4) is 5.75 Å². The van der Waals surface area contributed by atoms with Gasteiger partial charge in [0.15, 0.2) is 16.7 Å². The molecule has 0 fully saturated rings. The van der Waals surface area contributed by atoms with Gasteiger partial charge < -0.3 is 10.1 Å². The molecule has 20 heavy (non-hydrogen) atoms. The van der Waals surface area contributed by atoms with Crippen LogP contribution in [0.1, 0.15) is 5.56 Å². The molecular formula is C15H13FN2OS. The predicted octanol–water partition coefficient (Wildman–Crippen LogP) is 4.50. The number of anilines is 2. The van der Waals surface area contributed by atoms with Gasteiger partial charge in [-0.25, -0.2) is 9.37 Å². The van der Waals surface area contributed by atoms with Crippen molar-refractivity contribution in [2.24, 2.45) is 0 Å². The van der Waals surface area contributed by atoms with E-state index in [4.69, 9.17) is 4.74 Å². The third-order valence-corrected chi connectivity index (χ3v) is 3.88. The molecule has 2 aromatic carbocycles. The van der Waals surface area contributed by atoms with Crippen LogP contribution >= 0.6 is 11.3 Å². The maximum Gasteiger partial charge on any atom is 0.188 e. The van der Waals surface area contributed by atoms with Gasteiger partial charge in [0.1, 0.15) is 0 Å². The quantitative estimate of drug-likeness (QED) is 0.770. The summed E-state index contributed by atoms with van der Waals surface area (Å²) >= 11 is 1.55. The van der Waals surface area contributed by atoms with Crippen molar-refractivity contribution in [1.82, 2.24) is 4.98 Å². The molecule has 1 aromatic heterocycles. The van der Waals surface area contributed by atoms with Gasteiger partial charge in [0.2, 0.25) is 0 Å². The summed E-state index contributed by atoms with van der Waals surface area (Å²) in [5, 5.41) is 3.86. The highest BCUT2D eigenvalue weighted by atomic mass is 32.1. The number of ether oxygens (including phenoxy) is 1. The second-order valence-electron chi connectivity index (χ2n) is 4.46. The molecule has 0 aliphatic heterocycles. The Balaban J connectivity index is 1.90. The van der Waals surface area contributed by atoms with Crippen molar-refractivity contribution in [3.05, 3.63) is 47.8 Å². The van der Waals surface area contributed by atoms with E-state index < -0.39 is 5.82 Å². The van der Waals surface area contributed by atoms with Crippen LogP contribution in [-0.2, 0) is 0 Å². The van der Waals surface area contributed by atoms with Crippen molar-refractivity contribution in [1.29, 1.82) is 0 Å². The highest BCUT2D eigenvalue weighted by molar-refractivity contribution is 7.22. The highest BCUT2D eigenvalue weighted by Crippen LogP contribution is 2.30. The number of thiazole rings is 1. The second kappa shape index (κ2) is 5.09. The van der Waals surface area contributed by atoms with Crippen LogP contribution in [0.2, 0.25) is 0 Å². The van der Waals surface area contributed by atoms with Gasteiger partial charge in [-0.05, 0) is 36.8 Å². The van der Waals surface area contributed by atoms with E-state index in [9.17, 15) is 4.39 Å². The lowest BCUT2D eigenvalue weighted by atomic mass is 10.2. The Morgan fingerprint density at radius 2 is 2.05 bits per heavy atom. The zero-order valence-corrected chi connectivity index (χ0v) is 11.9. The summed E-state index contributed by atoms with van der Waals surface area (Å²) in [6, 6.07) is 10.9. The third kappa shape index (κ3) is 2.44. The van der Waals surface area contributed by atoms with E-state index in [1.165, 1.54) is 18.7 Å². The Hall–Kier alpha value is -2.14. The van der Waals surface area contributed by atoms with Crippen LogP contribution in [0.25, 0.3) is 10.2 Å². The predicted molar refractivity (Wildman–Crippen MR) is 80.6 cm³/mol. The fraction of sp³-hybridized carbons (Fsp3) is 0.133. The van der Waals surface area contributed by atoms with Crippen molar-refractivity contribution < 1.29 is 9.13 Å². The first-order chi connectivity index (χ1) is 9.65. The monoisotopic (exact) mass is 288 g/mol. The fourth-order valence-electron chi connectivity index (χ4n) is 1.95. The molecule has 0 unspecified atom stereocenters. The van der Waals surface area contributed by atoms with Crippen LogP contribution in [0, 0.1) is 12.7 Å². The zero-order valence-electron chi connectivity index (χ0n) is 11.1. The first kappa shape index (κ1) is 12.9. The standard InChI is InChI=1S/C15H13FN2OS/c1-9-3-5-12-14(7-9)20-15(18-12)17-10-4-6-13(19-2)11(16)8-10/h3-8H,1-2H3,(H,17,18). The summed E-state index contributed by atoms with van der Waals surface area (Å²) in [5.41, 5.74) is 2.79. The van der Waals surface area contributed by atoms with Crippen LogP contribution in [0.4, 0.5) is 15.2 Å². The maximum atomic E-state index is 13.6. The molecule has 5 heteroatoms. The molecule has 0 spiro atoms. The number of nitrogens with one attached hydrogen (secondary N) is 1. The number of halogens is 1. The highest BCUT2D eigenvalue weighted by Gasteiger charge is 2.07. The second-order valence-corrected chi connectivity index (χ2v) is 5.50. The number of nitrogens with zero attached hydrogens (tertiary/aromatic N) is 1. The van der Waals surface area contributed by atoms with Gasteiger partial charge in [0.05, 0.1) is 17.3 Å². The van der Waals surface area contributed by atoms with Gasteiger partial charge in [0.25, 0.3) is 0 Å². The van der Waals surface area contributed by atoms with Gasteiger partial charge in [0, 0.05) is 11.8 Å². The Bertz CT molecular complexity index is 770. The maximum absolute atomic E-state index is 13.6. The Morgan fingerprint density at radius 1 is 1.20 bits per heavy atom. The number of hydrogen-bond donors (Lipinski definition) is 1. The first-order valence-corrected chi connectivity index (χ1v) is 6.95. The minimum Gasteiger partial charge on any atom is -0.494 e. The molecule has 0 radical (unpaired) electrons. The van der Waals surface area contributed by atoms with E-state index in [2.05, 4.69) is 16.4 Å². The van der Waals surface area contributed by atoms with Gasteiger partial charge in [-0.2, -0.15) is 0 Å². The molecule has 3 aromatic rings. The van der Waals surface area contributed by atoms with Crippen molar-refractivity contribution in [2.45, 2.75) is 6.92 Å². The molecule has 0 saturated heterocycles. The van der Waals surface area contributed by atoms with Crippen LogP contribution < -0.4 is 10.1 Å². The lowest BCUT2D eigenvalue weighted by Crippen LogP contribution is -1.92. The smallest absolute Gasteiger partial charge is 0.188 e. The number of benzene rings is 2. The van der Waals surface area contributed by atoms with E-state index in [-0.39, 0.29) is 5.75 Å². The van der Waals surface area contributed by atoms with Gasteiger partial charge in [-0.3, -0.25) is 0 Å². The van der Waals surface area contributed by atoms with Crippen LogP contribution in [0.5, 0.6) is 5.75 Å². The van der Waals surface area contributed by atoms with Crippen molar-refractivity contribution in [3.63, 3.8) is 0 Å². The average molecular weight is 288 g/mol. The van der Waals surface area contributed by atoms with E-state index in [1.807, 2.05) is 19.1 Å². The molecule has 0 aliphatic carbocycles. The number of rotatable bonds is 3. The number of methoxy groups -OCH3 is 1. The van der Waals surface area contributed by atoms with Crippen LogP contribution in [0.15, 0.2) is 36.4 Å². The van der Waals surface area contributed by atoms with E-state index >= 15 is 0 Å². The molecule has 0 bridgehead atoms. The SMILES string of the molecule is COc1ccc(Nc2nc3ccc(C)cc3s2)cc1F. The number of aromatic nitrogens is 1. The molecule has 0 amide bonds. The third-order valence-electron chi connectivity index (χ3n) is 2.95. The normalized spacial score (nSPS) is 10.8. The summed E-state index contributed by atoms with van der Waals surface area (Å²) in [6.45, 7) is 2.05. The molecule has 0 aliphatic rings. The Kier molecular flexibility index (Phi) is 3.28. The summed E-state index contributed by atoms with van der Waals surface area (Å²) in [4.78, 5) is 4.48. The molecule has 0 saturated carbocycles. The van der Waals surface area contributed by atoms with Crippen LogP contribution in [0.3, 0.4) is 0 Å². The van der Waals surface area contributed by atoms with E-state index in [0.29, 0.717) is 5.69 Å². The van der Waals surface area contributed by atoms with E-state index in [1.54, 1.807) is 23.5 Å².